The van der Waals surface area contributed by atoms with Gasteiger partial charge in [0.15, 0.2) is 6.29 Å². The summed E-state index contributed by atoms with van der Waals surface area (Å²) >= 11 is 0. The Balaban J connectivity index is 1.74. The Kier molecular flexibility index (Phi) is 6.24. The van der Waals surface area contributed by atoms with Crippen molar-refractivity contribution in [2.24, 2.45) is 5.92 Å². The van der Waals surface area contributed by atoms with E-state index in [-0.39, 0.29) is 11.9 Å². The molecule has 24 heavy (non-hydrogen) atoms. The fraction of sp³-hybridized carbons (Fsp3) is 0.619. The number of allylic oxidation sites excluding steroid dienone is 1. The van der Waals surface area contributed by atoms with Crippen LogP contribution in [0.1, 0.15) is 65.0 Å². The predicted molar refractivity (Wildman–Crippen MR) is 98.4 cm³/mol. The van der Waals surface area contributed by atoms with E-state index in [1.807, 2.05) is 13.8 Å². The normalized spacial score (nSPS) is 24.2. The van der Waals surface area contributed by atoms with E-state index in [9.17, 15) is 0 Å². The zero-order chi connectivity index (χ0) is 17.8. The SMILES string of the molecule is Cc1ccc(C=CCCC(C)CC2OOC(C)(C)C(C)(C)O2)cc1. The predicted octanol–water partition coefficient (Wildman–Crippen LogP) is 5.68. The van der Waals surface area contributed by atoms with Crippen LogP contribution in [0.3, 0.4) is 0 Å². The van der Waals surface area contributed by atoms with Crippen LogP contribution in [0.5, 0.6) is 0 Å². The van der Waals surface area contributed by atoms with Crippen LogP contribution in [-0.4, -0.2) is 17.5 Å². The molecular weight excluding hydrogens is 300 g/mol. The van der Waals surface area contributed by atoms with Crippen molar-refractivity contribution >= 4 is 6.08 Å². The van der Waals surface area contributed by atoms with Gasteiger partial charge >= 0.3 is 0 Å². The Bertz CT molecular complexity index is 543. The maximum Gasteiger partial charge on any atom is 0.192 e. The van der Waals surface area contributed by atoms with Crippen molar-refractivity contribution in [1.82, 2.24) is 0 Å². The number of rotatable bonds is 6. The summed E-state index contributed by atoms with van der Waals surface area (Å²) in [6, 6.07) is 8.59. The highest BCUT2D eigenvalue weighted by Crippen LogP contribution is 2.36. The van der Waals surface area contributed by atoms with Crippen molar-refractivity contribution < 1.29 is 14.5 Å². The van der Waals surface area contributed by atoms with Gasteiger partial charge in [-0.3, -0.25) is 0 Å². The van der Waals surface area contributed by atoms with E-state index in [4.69, 9.17) is 14.5 Å². The number of aryl methyl sites for hydroxylation is 1. The second-order valence-electron chi connectivity index (χ2n) is 7.98. The standard InChI is InChI=1S/C21H32O3/c1-16-11-13-18(14-12-16)10-8-7-9-17(2)15-19-22-20(3,4)21(5,6)24-23-19/h8,10-14,17,19H,7,9,15H2,1-6H3. The summed E-state index contributed by atoms with van der Waals surface area (Å²) in [6.45, 7) is 12.4. The minimum Gasteiger partial charge on any atom is -0.341 e. The molecule has 0 spiro atoms. The number of benzene rings is 1. The molecular formula is C21H32O3. The molecule has 2 unspecified atom stereocenters. The van der Waals surface area contributed by atoms with E-state index >= 15 is 0 Å². The fourth-order valence-corrected chi connectivity index (χ4v) is 2.58. The van der Waals surface area contributed by atoms with Crippen molar-refractivity contribution in [2.75, 3.05) is 0 Å². The first-order valence-corrected chi connectivity index (χ1v) is 8.95. The lowest BCUT2D eigenvalue weighted by molar-refractivity contribution is -0.501. The van der Waals surface area contributed by atoms with Crippen LogP contribution in [0.15, 0.2) is 30.3 Å². The molecule has 1 heterocycles. The van der Waals surface area contributed by atoms with Gasteiger partial charge in [0.1, 0.15) is 5.60 Å². The number of hydrogen-bond acceptors (Lipinski definition) is 3. The minimum atomic E-state index is -0.441. The Morgan fingerprint density at radius 1 is 1.08 bits per heavy atom. The number of ether oxygens (including phenoxy) is 1. The summed E-state index contributed by atoms with van der Waals surface area (Å²) in [4.78, 5) is 11.0. The average molecular weight is 332 g/mol. The van der Waals surface area contributed by atoms with E-state index in [1.54, 1.807) is 0 Å². The first-order valence-electron chi connectivity index (χ1n) is 8.95. The molecule has 2 atom stereocenters. The lowest BCUT2D eigenvalue weighted by Gasteiger charge is -2.46. The van der Waals surface area contributed by atoms with Crippen LogP contribution in [-0.2, 0) is 14.5 Å². The molecule has 3 nitrogen and oxygen atoms in total. The third-order valence-electron chi connectivity index (χ3n) is 5.05. The van der Waals surface area contributed by atoms with Gasteiger partial charge in [-0.1, -0.05) is 48.9 Å². The van der Waals surface area contributed by atoms with Crippen LogP contribution in [0.2, 0.25) is 0 Å². The van der Waals surface area contributed by atoms with Crippen molar-refractivity contribution in [3.8, 4) is 0 Å². The van der Waals surface area contributed by atoms with Crippen LogP contribution >= 0.6 is 0 Å². The summed E-state index contributed by atoms with van der Waals surface area (Å²) < 4.78 is 6.08. The van der Waals surface area contributed by atoms with Gasteiger partial charge in [0.2, 0.25) is 0 Å². The topological polar surface area (TPSA) is 27.7 Å². The Labute approximate surface area is 146 Å². The van der Waals surface area contributed by atoms with E-state index in [2.05, 4.69) is 64.1 Å². The second kappa shape index (κ2) is 7.81. The first kappa shape index (κ1) is 19.2. The Morgan fingerprint density at radius 3 is 2.38 bits per heavy atom. The summed E-state index contributed by atoms with van der Waals surface area (Å²) in [7, 11) is 0. The van der Waals surface area contributed by atoms with E-state index in [1.165, 1.54) is 11.1 Å². The zero-order valence-electron chi connectivity index (χ0n) is 16.0. The first-order chi connectivity index (χ1) is 11.2. The second-order valence-corrected chi connectivity index (χ2v) is 7.98. The largest absolute Gasteiger partial charge is 0.341 e. The van der Waals surface area contributed by atoms with Gasteiger partial charge in [-0.2, -0.15) is 0 Å². The molecule has 0 aliphatic carbocycles. The molecule has 1 aliphatic heterocycles. The molecule has 1 aliphatic rings. The van der Waals surface area contributed by atoms with E-state index in [0.29, 0.717) is 5.92 Å². The van der Waals surface area contributed by atoms with Gasteiger partial charge in [0, 0.05) is 6.42 Å². The van der Waals surface area contributed by atoms with Crippen LogP contribution in [0, 0.1) is 12.8 Å². The van der Waals surface area contributed by atoms with Crippen molar-refractivity contribution in [2.45, 2.75) is 78.3 Å². The minimum absolute atomic E-state index is 0.288. The molecule has 0 bridgehead atoms. The lowest BCUT2D eigenvalue weighted by atomic mass is 9.89. The summed E-state index contributed by atoms with van der Waals surface area (Å²) in [6.07, 6.45) is 7.15. The maximum absolute atomic E-state index is 6.08. The highest BCUT2D eigenvalue weighted by atomic mass is 17.2. The van der Waals surface area contributed by atoms with Crippen LogP contribution < -0.4 is 0 Å². The van der Waals surface area contributed by atoms with Crippen molar-refractivity contribution in [3.05, 3.63) is 41.5 Å². The third-order valence-corrected chi connectivity index (χ3v) is 5.05. The highest BCUT2D eigenvalue weighted by Gasteiger charge is 2.46. The van der Waals surface area contributed by atoms with Gasteiger partial charge in [0.05, 0.1) is 5.60 Å². The molecule has 0 amide bonds. The average Bonchev–Trinajstić information content (AvgIpc) is 2.49. The molecule has 1 saturated heterocycles. The smallest absolute Gasteiger partial charge is 0.192 e. The van der Waals surface area contributed by atoms with Gasteiger partial charge < -0.3 is 4.74 Å². The molecule has 1 aromatic carbocycles. The molecule has 2 rings (SSSR count). The van der Waals surface area contributed by atoms with Crippen LogP contribution in [0.4, 0.5) is 0 Å². The lowest BCUT2D eigenvalue weighted by Crippen LogP contribution is -2.56. The molecule has 0 aromatic heterocycles. The summed E-state index contributed by atoms with van der Waals surface area (Å²) in [5.74, 6) is 0.512. The van der Waals surface area contributed by atoms with Gasteiger partial charge in [-0.05, 0) is 58.9 Å². The zero-order valence-corrected chi connectivity index (χ0v) is 16.0. The van der Waals surface area contributed by atoms with Gasteiger partial charge in [-0.25, -0.2) is 9.78 Å². The summed E-state index contributed by atoms with van der Waals surface area (Å²) in [5.41, 5.74) is 1.75. The quantitative estimate of drug-likeness (QED) is 0.628. The van der Waals surface area contributed by atoms with Crippen molar-refractivity contribution in [3.63, 3.8) is 0 Å². The molecule has 0 radical (unpaired) electrons. The fourth-order valence-electron chi connectivity index (χ4n) is 2.58. The van der Waals surface area contributed by atoms with Gasteiger partial charge in [-0.15, -0.1) is 0 Å². The molecule has 1 fully saturated rings. The maximum atomic E-state index is 6.08. The Hall–Kier alpha value is -1.16. The summed E-state index contributed by atoms with van der Waals surface area (Å²) in [5, 5.41) is 0. The van der Waals surface area contributed by atoms with Crippen LogP contribution in [0.25, 0.3) is 6.08 Å². The number of hydrogen-bond donors (Lipinski definition) is 0. The molecule has 134 valence electrons. The molecule has 0 saturated carbocycles. The van der Waals surface area contributed by atoms with E-state index < -0.39 is 5.60 Å². The molecule has 0 N–H and O–H groups in total. The monoisotopic (exact) mass is 332 g/mol. The van der Waals surface area contributed by atoms with E-state index in [0.717, 1.165) is 19.3 Å². The molecule has 3 heteroatoms. The molecule has 1 aromatic rings. The van der Waals surface area contributed by atoms with Gasteiger partial charge in [0.25, 0.3) is 0 Å². The Morgan fingerprint density at radius 2 is 1.75 bits per heavy atom. The van der Waals surface area contributed by atoms with Crippen molar-refractivity contribution in [1.29, 1.82) is 0 Å². The highest BCUT2D eigenvalue weighted by molar-refractivity contribution is 5.49. The third kappa shape index (κ3) is 5.17.